The SMILES string of the molecule is CCOC(=O)[C@@H](C)C[C@H](Cc1ccc(CSSc2ccccn2)cc1)NC(=O)c1csc([C@@H](C[C@H](C(C)C)N(C)C(=O)C[C@@H](C)CC)OC(C)=O)n1. The maximum atomic E-state index is 13.7. The van der Waals surface area contributed by atoms with Crippen LogP contribution in [0.5, 0.6) is 0 Å². The Balaban J connectivity index is 1.74. The topological polar surface area (TPSA) is 128 Å². The summed E-state index contributed by atoms with van der Waals surface area (Å²) >= 11 is 1.24. The van der Waals surface area contributed by atoms with Gasteiger partial charge in [-0.25, -0.2) is 9.97 Å². The number of carbonyl (C=O) groups excluding carboxylic acids is 4. The Morgan fingerprint density at radius 3 is 2.31 bits per heavy atom. The summed E-state index contributed by atoms with van der Waals surface area (Å²) in [6.45, 7) is 13.4. The number of carbonyl (C=O) groups is 4. The van der Waals surface area contributed by atoms with Crippen molar-refractivity contribution in [2.45, 2.75) is 110 Å². The quantitative estimate of drug-likeness (QED) is 0.0835. The Kier molecular flexibility index (Phi) is 18.1. The lowest BCUT2D eigenvalue weighted by Gasteiger charge is -2.34. The first-order valence-electron chi connectivity index (χ1n) is 17.9. The first-order valence-corrected chi connectivity index (χ1v) is 21.1. The van der Waals surface area contributed by atoms with Gasteiger partial charge in [-0.3, -0.25) is 19.2 Å². The van der Waals surface area contributed by atoms with Crippen LogP contribution in [0.1, 0.15) is 107 Å². The predicted molar refractivity (Wildman–Crippen MR) is 210 cm³/mol. The fourth-order valence-corrected chi connectivity index (χ4v) is 8.51. The van der Waals surface area contributed by atoms with Crippen molar-refractivity contribution < 1.29 is 28.7 Å². The van der Waals surface area contributed by atoms with Crippen molar-refractivity contribution in [3.8, 4) is 0 Å². The molecule has 1 aromatic carbocycles. The van der Waals surface area contributed by atoms with Crippen LogP contribution in [-0.4, -0.2) is 64.4 Å². The molecule has 10 nitrogen and oxygen atoms in total. The summed E-state index contributed by atoms with van der Waals surface area (Å²) in [5.41, 5.74) is 2.39. The van der Waals surface area contributed by atoms with Crippen LogP contribution in [-0.2, 0) is 36.0 Å². The molecule has 0 aliphatic carbocycles. The van der Waals surface area contributed by atoms with E-state index in [9.17, 15) is 19.2 Å². The standard InChI is InChI=1S/C39H54N4O6S3/c1-9-26(5)19-36(45)43(8)33(25(3)4)22-34(49-28(7)44)38-42-32(24-50-38)37(46)41-31(20-27(6)39(47)48-10-2)21-29-14-16-30(17-15-29)23-51-52-35-13-11-12-18-40-35/h11-18,24-27,31,33-34H,9-10,19-23H2,1-8H3,(H,41,46)/t26-,27-,31+,33+,34+/m0/s1. The van der Waals surface area contributed by atoms with Gasteiger partial charge in [0, 0.05) is 56.2 Å². The van der Waals surface area contributed by atoms with E-state index in [0.29, 0.717) is 30.7 Å². The number of amides is 2. The van der Waals surface area contributed by atoms with Crippen LogP contribution in [0.3, 0.4) is 0 Å². The van der Waals surface area contributed by atoms with Gasteiger partial charge >= 0.3 is 11.9 Å². The number of nitrogens with one attached hydrogen (secondary N) is 1. The molecule has 2 amide bonds. The van der Waals surface area contributed by atoms with E-state index in [1.165, 1.54) is 23.8 Å². The van der Waals surface area contributed by atoms with Gasteiger partial charge in [0.25, 0.3) is 5.91 Å². The third-order valence-electron chi connectivity index (χ3n) is 8.85. The highest BCUT2D eigenvalue weighted by atomic mass is 33.1. The van der Waals surface area contributed by atoms with Crippen molar-refractivity contribution in [3.63, 3.8) is 0 Å². The Morgan fingerprint density at radius 1 is 0.981 bits per heavy atom. The van der Waals surface area contributed by atoms with Gasteiger partial charge in [-0.1, -0.05) is 82.2 Å². The molecule has 1 N–H and O–H groups in total. The molecule has 3 rings (SSSR count). The molecule has 0 aliphatic rings. The summed E-state index contributed by atoms with van der Waals surface area (Å²) in [5, 5.41) is 6.21. The van der Waals surface area contributed by atoms with Crippen LogP contribution in [0.4, 0.5) is 0 Å². The zero-order valence-corrected chi connectivity index (χ0v) is 34.1. The Hall–Kier alpha value is -3.42. The molecule has 0 saturated carbocycles. The minimum atomic E-state index is -0.728. The number of benzene rings is 1. The van der Waals surface area contributed by atoms with E-state index in [4.69, 9.17) is 9.47 Å². The molecule has 3 aromatic rings. The van der Waals surface area contributed by atoms with E-state index < -0.39 is 18.0 Å². The largest absolute Gasteiger partial charge is 0.466 e. The van der Waals surface area contributed by atoms with Crippen LogP contribution < -0.4 is 5.32 Å². The second kappa shape index (κ2) is 21.9. The lowest BCUT2D eigenvalue weighted by Crippen LogP contribution is -2.42. The predicted octanol–water partition coefficient (Wildman–Crippen LogP) is 8.32. The summed E-state index contributed by atoms with van der Waals surface area (Å²) in [6, 6.07) is 13.5. The molecule has 0 fully saturated rings. The summed E-state index contributed by atoms with van der Waals surface area (Å²) in [7, 11) is 5.14. The van der Waals surface area contributed by atoms with Crippen molar-refractivity contribution in [3.05, 3.63) is 75.9 Å². The summed E-state index contributed by atoms with van der Waals surface area (Å²) in [6.07, 6.45) is 3.65. The number of hydrogen-bond donors (Lipinski definition) is 1. The van der Waals surface area contributed by atoms with Crippen LogP contribution in [0.15, 0.2) is 59.1 Å². The number of thiazole rings is 1. The van der Waals surface area contributed by atoms with Gasteiger partial charge in [0.2, 0.25) is 5.91 Å². The van der Waals surface area contributed by atoms with Crippen LogP contribution in [0.25, 0.3) is 0 Å². The van der Waals surface area contributed by atoms with Crippen molar-refractivity contribution in [1.29, 1.82) is 0 Å². The lowest BCUT2D eigenvalue weighted by molar-refractivity contribution is -0.149. The van der Waals surface area contributed by atoms with Gasteiger partial charge in [-0.15, -0.1) is 11.3 Å². The highest BCUT2D eigenvalue weighted by Gasteiger charge is 2.31. The summed E-state index contributed by atoms with van der Waals surface area (Å²) in [4.78, 5) is 62.3. The number of ether oxygens (including phenoxy) is 2. The van der Waals surface area contributed by atoms with Crippen molar-refractivity contribution in [2.24, 2.45) is 17.8 Å². The number of aromatic nitrogens is 2. The minimum Gasteiger partial charge on any atom is -0.466 e. The van der Waals surface area contributed by atoms with Gasteiger partial charge in [0.05, 0.1) is 12.5 Å². The Morgan fingerprint density at radius 2 is 1.69 bits per heavy atom. The molecule has 0 radical (unpaired) electrons. The number of hydrogen-bond acceptors (Lipinski definition) is 11. The normalized spacial score (nSPS) is 14.2. The molecule has 2 heterocycles. The average molecular weight is 771 g/mol. The first kappa shape index (κ1) is 43.0. The lowest BCUT2D eigenvalue weighted by atomic mass is 9.95. The second-order valence-corrected chi connectivity index (χ2v) is 16.7. The van der Waals surface area contributed by atoms with E-state index in [0.717, 1.165) is 22.8 Å². The molecule has 52 heavy (non-hydrogen) atoms. The Bertz CT molecular complexity index is 1570. The van der Waals surface area contributed by atoms with E-state index in [-0.39, 0.29) is 54.0 Å². The maximum absolute atomic E-state index is 13.7. The highest BCUT2D eigenvalue weighted by Crippen LogP contribution is 2.33. The molecule has 0 aliphatic heterocycles. The minimum absolute atomic E-state index is 0.0464. The third kappa shape index (κ3) is 14.2. The van der Waals surface area contributed by atoms with Crippen molar-refractivity contribution >= 4 is 56.7 Å². The molecule has 5 atom stereocenters. The van der Waals surface area contributed by atoms with Gasteiger partial charge < -0.3 is 19.7 Å². The monoisotopic (exact) mass is 770 g/mol. The molecule has 0 saturated heterocycles. The first-order chi connectivity index (χ1) is 24.8. The van der Waals surface area contributed by atoms with E-state index >= 15 is 0 Å². The maximum Gasteiger partial charge on any atom is 0.308 e. The van der Waals surface area contributed by atoms with E-state index in [1.807, 2.05) is 32.0 Å². The molecular formula is C39H54N4O6S3. The van der Waals surface area contributed by atoms with Gasteiger partial charge in [-0.2, -0.15) is 0 Å². The number of rotatable bonds is 21. The summed E-state index contributed by atoms with van der Waals surface area (Å²) < 4.78 is 11.0. The molecule has 0 spiro atoms. The Labute approximate surface area is 321 Å². The molecule has 0 unspecified atom stereocenters. The molecule has 2 aromatic heterocycles. The molecular weight excluding hydrogens is 717 g/mol. The zero-order chi connectivity index (χ0) is 38.2. The van der Waals surface area contributed by atoms with Crippen LogP contribution in [0.2, 0.25) is 0 Å². The van der Waals surface area contributed by atoms with Crippen molar-refractivity contribution in [1.82, 2.24) is 20.2 Å². The van der Waals surface area contributed by atoms with Crippen LogP contribution in [0, 0.1) is 17.8 Å². The van der Waals surface area contributed by atoms with Crippen LogP contribution >= 0.6 is 32.9 Å². The zero-order valence-electron chi connectivity index (χ0n) is 31.6. The van der Waals surface area contributed by atoms with E-state index in [2.05, 4.69) is 53.4 Å². The molecule has 284 valence electrons. The average Bonchev–Trinajstić information content (AvgIpc) is 3.61. The fraction of sp³-hybridized carbons (Fsp3) is 0.538. The van der Waals surface area contributed by atoms with Gasteiger partial charge in [0.1, 0.15) is 15.7 Å². The fourth-order valence-electron chi connectivity index (χ4n) is 5.68. The summed E-state index contributed by atoms with van der Waals surface area (Å²) in [5.74, 6) is -0.384. The van der Waals surface area contributed by atoms with Gasteiger partial charge in [-0.05, 0) is 65.7 Å². The number of esters is 2. The highest BCUT2D eigenvalue weighted by molar-refractivity contribution is 8.76. The smallest absolute Gasteiger partial charge is 0.308 e. The molecule has 0 bridgehead atoms. The number of nitrogens with zero attached hydrogens (tertiary/aromatic N) is 3. The van der Waals surface area contributed by atoms with Crippen molar-refractivity contribution in [2.75, 3.05) is 13.7 Å². The van der Waals surface area contributed by atoms with Gasteiger partial charge in [0.15, 0.2) is 6.10 Å². The molecule has 13 heteroatoms. The third-order valence-corrected chi connectivity index (χ3v) is 12.0. The number of pyridine rings is 1. The second-order valence-electron chi connectivity index (χ2n) is 13.5. The van der Waals surface area contributed by atoms with E-state index in [1.54, 1.807) is 59.0 Å².